The van der Waals surface area contributed by atoms with E-state index in [2.05, 4.69) is 11.0 Å². The molecule has 7 nitrogen and oxygen atoms in total. The molecule has 3 rings (SSSR count). The van der Waals surface area contributed by atoms with Crippen LogP contribution in [-0.4, -0.2) is 35.0 Å². The molecule has 0 aliphatic carbocycles. The third-order valence-corrected chi connectivity index (χ3v) is 4.63. The predicted octanol–water partition coefficient (Wildman–Crippen LogP) is 3.17. The molecule has 2 aromatic carbocycles. The zero-order valence-corrected chi connectivity index (χ0v) is 14.7. The minimum absolute atomic E-state index is 0.0897. The molecule has 1 heterocycles. The summed E-state index contributed by atoms with van der Waals surface area (Å²) < 4.78 is 5.58. The Morgan fingerprint density at radius 1 is 1.22 bits per heavy atom. The van der Waals surface area contributed by atoms with Crippen LogP contribution in [0.2, 0.25) is 0 Å². The van der Waals surface area contributed by atoms with Crippen molar-refractivity contribution < 1.29 is 14.5 Å². The van der Waals surface area contributed by atoms with Crippen molar-refractivity contribution in [3.8, 4) is 6.07 Å². The van der Waals surface area contributed by atoms with E-state index in [1.54, 1.807) is 0 Å². The lowest BCUT2D eigenvalue weighted by Gasteiger charge is -2.35. The van der Waals surface area contributed by atoms with E-state index in [-0.39, 0.29) is 17.2 Å². The van der Waals surface area contributed by atoms with Gasteiger partial charge in [0.25, 0.3) is 5.69 Å². The number of carbonyl (C=O) groups is 1. The minimum Gasteiger partial charge on any atom is -0.456 e. The van der Waals surface area contributed by atoms with Crippen molar-refractivity contribution in [2.45, 2.75) is 19.1 Å². The van der Waals surface area contributed by atoms with E-state index >= 15 is 0 Å². The molecule has 2 aromatic rings. The van der Waals surface area contributed by atoms with Gasteiger partial charge in [-0.2, -0.15) is 5.26 Å². The van der Waals surface area contributed by atoms with E-state index in [0.717, 1.165) is 18.7 Å². The van der Waals surface area contributed by atoms with Crippen molar-refractivity contribution in [2.24, 2.45) is 5.92 Å². The summed E-state index contributed by atoms with van der Waals surface area (Å²) >= 11 is 0. The van der Waals surface area contributed by atoms with E-state index in [1.807, 2.05) is 30.3 Å². The van der Waals surface area contributed by atoms with E-state index in [0.29, 0.717) is 13.0 Å². The molecule has 0 N–H and O–H groups in total. The highest BCUT2D eigenvalue weighted by atomic mass is 16.6. The summed E-state index contributed by atoms with van der Waals surface area (Å²) in [5, 5.41) is 20.1. The van der Waals surface area contributed by atoms with E-state index < -0.39 is 17.0 Å². The number of non-ortho nitro benzene ring substituents is 1. The van der Waals surface area contributed by atoms with Gasteiger partial charge in [-0.1, -0.05) is 30.3 Å². The maximum Gasteiger partial charge on any atom is 0.338 e. The van der Waals surface area contributed by atoms with Gasteiger partial charge in [-0.25, -0.2) is 4.79 Å². The van der Waals surface area contributed by atoms with Gasteiger partial charge >= 0.3 is 5.97 Å². The second kappa shape index (κ2) is 8.43. The first-order valence-corrected chi connectivity index (χ1v) is 8.68. The Morgan fingerprint density at radius 3 is 2.56 bits per heavy atom. The first-order valence-electron chi connectivity index (χ1n) is 8.68. The Balaban J connectivity index is 1.66. The summed E-state index contributed by atoms with van der Waals surface area (Å²) in [6.45, 7) is 1.97. The molecule has 27 heavy (non-hydrogen) atoms. The van der Waals surface area contributed by atoms with Crippen LogP contribution in [0.1, 0.15) is 22.3 Å². The largest absolute Gasteiger partial charge is 0.456 e. The number of piperidine rings is 1. The zero-order chi connectivity index (χ0) is 19.2. The van der Waals surface area contributed by atoms with Crippen LogP contribution in [0, 0.1) is 27.4 Å². The van der Waals surface area contributed by atoms with Crippen LogP contribution in [0.3, 0.4) is 0 Å². The van der Waals surface area contributed by atoms with Crippen molar-refractivity contribution in [1.29, 1.82) is 5.26 Å². The fourth-order valence-corrected chi connectivity index (χ4v) is 3.16. The predicted molar refractivity (Wildman–Crippen MR) is 97.7 cm³/mol. The quantitative estimate of drug-likeness (QED) is 0.459. The topological polar surface area (TPSA) is 96.5 Å². The Bertz CT molecular complexity index is 846. The molecule has 1 fully saturated rings. The number of nitro benzene ring substituents is 1. The Kier molecular flexibility index (Phi) is 5.79. The number of likely N-dealkylation sites (tertiary alicyclic amines) is 1. The average Bonchev–Trinajstić information content (AvgIpc) is 2.69. The summed E-state index contributed by atoms with van der Waals surface area (Å²) in [5.41, 5.74) is 1.30. The van der Waals surface area contributed by atoms with Gasteiger partial charge in [0, 0.05) is 31.8 Å². The number of nitriles is 1. The van der Waals surface area contributed by atoms with Gasteiger partial charge in [0.05, 0.1) is 22.5 Å². The summed E-state index contributed by atoms with van der Waals surface area (Å²) in [6.07, 6.45) is 0.0943. The van der Waals surface area contributed by atoms with Gasteiger partial charge in [0.2, 0.25) is 0 Å². The Hall–Kier alpha value is -3.24. The van der Waals surface area contributed by atoms with Crippen molar-refractivity contribution >= 4 is 11.7 Å². The molecular weight excluding hydrogens is 346 g/mol. The molecule has 0 saturated carbocycles. The molecule has 138 valence electrons. The number of ether oxygens (including phenoxy) is 1. The number of esters is 1. The number of hydrogen-bond donors (Lipinski definition) is 0. The third kappa shape index (κ3) is 4.68. The van der Waals surface area contributed by atoms with Crippen LogP contribution >= 0.6 is 0 Å². The number of hydrogen-bond acceptors (Lipinski definition) is 6. The molecule has 0 aromatic heterocycles. The van der Waals surface area contributed by atoms with Gasteiger partial charge in [0.1, 0.15) is 6.10 Å². The average molecular weight is 365 g/mol. The molecule has 0 bridgehead atoms. The van der Waals surface area contributed by atoms with Crippen molar-refractivity contribution in [3.05, 3.63) is 75.8 Å². The van der Waals surface area contributed by atoms with Gasteiger partial charge in [-0.05, 0) is 24.1 Å². The molecule has 0 spiro atoms. The van der Waals surface area contributed by atoms with Gasteiger partial charge in [0.15, 0.2) is 0 Å². The molecule has 1 saturated heterocycles. The normalized spacial score (nSPS) is 19.8. The third-order valence-electron chi connectivity index (χ3n) is 4.63. The molecule has 2 atom stereocenters. The molecule has 0 unspecified atom stereocenters. The molecular formula is C20H19N3O4. The minimum atomic E-state index is -0.572. The van der Waals surface area contributed by atoms with Gasteiger partial charge < -0.3 is 4.74 Å². The van der Waals surface area contributed by atoms with E-state index in [9.17, 15) is 20.2 Å². The fourth-order valence-electron chi connectivity index (χ4n) is 3.16. The lowest BCUT2D eigenvalue weighted by molar-refractivity contribution is -0.384. The van der Waals surface area contributed by atoms with Crippen molar-refractivity contribution in [1.82, 2.24) is 4.90 Å². The van der Waals surface area contributed by atoms with Crippen molar-refractivity contribution in [2.75, 3.05) is 13.1 Å². The lowest BCUT2D eigenvalue weighted by atomic mass is 9.94. The first kappa shape index (κ1) is 18.5. The van der Waals surface area contributed by atoms with Crippen LogP contribution in [0.25, 0.3) is 0 Å². The second-order valence-corrected chi connectivity index (χ2v) is 6.49. The van der Waals surface area contributed by atoms with Crippen molar-refractivity contribution in [3.63, 3.8) is 0 Å². The summed E-state index contributed by atoms with van der Waals surface area (Å²) in [7, 11) is 0. The standard InChI is InChI=1S/C20H19N3O4/c21-12-17-10-11-22(13-15-4-2-1-3-5-15)14-19(17)27-20(24)16-6-8-18(9-7-16)23(25)26/h1-9,17,19H,10-11,13-14H2/t17-,19-/m0/s1. The highest BCUT2D eigenvalue weighted by Crippen LogP contribution is 2.23. The Labute approximate surface area is 156 Å². The van der Waals surface area contributed by atoms with Gasteiger partial charge in [-0.15, -0.1) is 0 Å². The first-order chi connectivity index (χ1) is 13.1. The number of carbonyl (C=O) groups excluding carboxylic acids is 1. The number of nitrogens with zero attached hydrogens (tertiary/aromatic N) is 3. The lowest BCUT2D eigenvalue weighted by Crippen LogP contribution is -2.45. The highest BCUT2D eigenvalue weighted by Gasteiger charge is 2.32. The van der Waals surface area contributed by atoms with Crippen LogP contribution < -0.4 is 0 Å². The van der Waals surface area contributed by atoms with Crippen LogP contribution in [0.5, 0.6) is 0 Å². The van der Waals surface area contributed by atoms with Crippen LogP contribution in [0.4, 0.5) is 5.69 Å². The fraction of sp³-hybridized carbons (Fsp3) is 0.300. The maximum absolute atomic E-state index is 12.4. The smallest absolute Gasteiger partial charge is 0.338 e. The summed E-state index contributed by atoms with van der Waals surface area (Å²) in [5.74, 6) is -0.935. The zero-order valence-electron chi connectivity index (χ0n) is 14.7. The van der Waals surface area contributed by atoms with Crippen LogP contribution in [0.15, 0.2) is 54.6 Å². The molecule has 0 radical (unpaired) electrons. The highest BCUT2D eigenvalue weighted by molar-refractivity contribution is 5.89. The van der Waals surface area contributed by atoms with Crippen LogP contribution in [-0.2, 0) is 11.3 Å². The van der Waals surface area contributed by atoms with E-state index in [1.165, 1.54) is 24.3 Å². The molecule has 1 aliphatic heterocycles. The molecule has 0 amide bonds. The Morgan fingerprint density at radius 2 is 1.93 bits per heavy atom. The molecule has 7 heteroatoms. The summed E-state index contributed by atoms with van der Waals surface area (Å²) in [6, 6.07) is 17.5. The number of benzene rings is 2. The SMILES string of the molecule is N#C[C@@H]1CCN(Cc2ccccc2)C[C@@H]1OC(=O)c1ccc([N+](=O)[O-])cc1. The van der Waals surface area contributed by atoms with E-state index in [4.69, 9.17) is 4.74 Å². The maximum atomic E-state index is 12.4. The summed E-state index contributed by atoms with van der Waals surface area (Å²) in [4.78, 5) is 24.8. The number of rotatable bonds is 5. The second-order valence-electron chi connectivity index (χ2n) is 6.49. The number of nitro groups is 1. The monoisotopic (exact) mass is 365 g/mol. The van der Waals surface area contributed by atoms with Gasteiger partial charge in [-0.3, -0.25) is 15.0 Å². The molecule has 1 aliphatic rings.